The minimum absolute atomic E-state index is 0.104. The van der Waals surface area contributed by atoms with Crippen LogP contribution >= 0.6 is 0 Å². The van der Waals surface area contributed by atoms with Gasteiger partial charge in [0.25, 0.3) is 5.91 Å². The molecular weight excluding hydrogens is 398 g/mol. The first-order valence-electron chi connectivity index (χ1n) is 9.84. The van der Waals surface area contributed by atoms with E-state index in [1.165, 1.54) is 18.2 Å². The average molecular weight is 421 g/mol. The van der Waals surface area contributed by atoms with Gasteiger partial charge in [0.15, 0.2) is 0 Å². The summed E-state index contributed by atoms with van der Waals surface area (Å²) >= 11 is 0. The predicted molar refractivity (Wildman–Crippen MR) is 117 cm³/mol. The van der Waals surface area contributed by atoms with Crippen LogP contribution in [0, 0.1) is 6.92 Å². The molecule has 0 saturated heterocycles. The van der Waals surface area contributed by atoms with Crippen molar-refractivity contribution in [1.29, 1.82) is 0 Å². The minimum Gasteiger partial charge on any atom is -0.493 e. The lowest BCUT2D eigenvalue weighted by molar-refractivity contribution is -0.134. The van der Waals surface area contributed by atoms with Gasteiger partial charge in [-0.1, -0.05) is 24.3 Å². The summed E-state index contributed by atoms with van der Waals surface area (Å²) < 4.78 is 16.2. The van der Waals surface area contributed by atoms with Crippen LogP contribution in [0.25, 0.3) is 11.0 Å². The molecule has 7 nitrogen and oxygen atoms in total. The molecule has 1 amide bonds. The number of carbonyl (C=O) groups excluding carboxylic acids is 2. The van der Waals surface area contributed by atoms with E-state index < -0.39 is 17.5 Å². The van der Waals surface area contributed by atoms with Gasteiger partial charge in [-0.25, -0.2) is 4.79 Å². The van der Waals surface area contributed by atoms with E-state index in [0.717, 1.165) is 11.3 Å². The second-order valence-electron chi connectivity index (χ2n) is 6.84. The maximum absolute atomic E-state index is 12.1. The number of fused-ring (bicyclic) bond motifs is 1. The molecule has 0 bridgehead atoms. The molecule has 1 aromatic heterocycles. The molecule has 0 radical (unpaired) electrons. The Morgan fingerprint density at radius 2 is 1.97 bits per heavy atom. The van der Waals surface area contributed by atoms with Crippen LogP contribution in [0.15, 0.2) is 70.4 Å². The van der Waals surface area contributed by atoms with E-state index in [1.807, 2.05) is 31.2 Å². The summed E-state index contributed by atoms with van der Waals surface area (Å²) in [5, 5.41) is 3.07. The zero-order valence-electron chi connectivity index (χ0n) is 17.2. The number of benzene rings is 2. The maximum atomic E-state index is 12.1. The lowest BCUT2D eigenvalue weighted by Crippen LogP contribution is -2.28. The van der Waals surface area contributed by atoms with Crippen LogP contribution in [-0.4, -0.2) is 25.0 Å². The van der Waals surface area contributed by atoms with Gasteiger partial charge in [0.05, 0.1) is 6.61 Å². The fourth-order valence-electron chi connectivity index (χ4n) is 2.87. The molecule has 0 saturated carbocycles. The van der Waals surface area contributed by atoms with E-state index in [1.54, 1.807) is 12.1 Å². The molecule has 160 valence electrons. The van der Waals surface area contributed by atoms with Crippen LogP contribution < -0.4 is 20.4 Å². The Kier molecular flexibility index (Phi) is 7.22. The quantitative estimate of drug-likeness (QED) is 0.186. The summed E-state index contributed by atoms with van der Waals surface area (Å²) in [6.45, 7) is 6.09. The zero-order valence-corrected chi connectivity index (χ0v) is 17.2. The molecule has 3 aromatic rings. The highest BCUT2D eigenvalue weighted by molar-refractivity contribution is 5.96. The highest BCUT2D eigenvalue weighted by Gasteiger charge is 2.14. The number of rotatable bonds is 9. The van der Waals surface area contributed by atoms with Crippen molar-refractivity contribution in [3.05, 3.63) is 82.7 Å². The van der Waals surface area contributed by atoms with Crippen LogP contribution in [0.4, 0.5) is 0 Å². The first-order chi connectivity index (χ1) is 15.0. The fourth-order valence-corrected chi connectivity index (χ4v) is 2.87. The number of para-hydroxylation sites is 1. The smallest absolute Gasteiger partial charge is 0.349 e. The van der Waals surface area contributed by atoms with E-state index in [2.05, 4.69) is 11.9 Å². The molecule has 7 heteroatoms. The zero-order chi connectivity index (χ0) is 22.2. The van der Waals surface area contributed by atoms with Crippen molar-refractivity contribution in [2.45, 2.75) is 19.8 Å². The van der Waals surface area contributed by atoms with Crippen LogP contribution in [0.2, 0.25) is 0 Å². The van der Waals surface area contributed by atoms with Gasteiger partial charge in [0, 0.05) is 24.4 Å². The minimum atomic E-state index is -0.772. The lowest BCUT2D eigenvalue weighted by Gasteiger charge is -2.09. The third-order valence-electron chi connectivity index (χ3n) is 4.47. The van der Waals surface area contributed by atoms with Gasteiger partial charge in [-0.15, -0.1) is 6.58 Å². The summed E-state index contributed by atoms with van der Waals surface area (Å²) in [4.78, 5) is 36.2. The summed E-state index contributed by atoms with van der Waals surface area (Å²) in [5.41, 5.74) is 0.376. The molecule has 0 atom stereocenters. The van der Waals surface area contributed by atoms with Gasteiger partial charge < -0.3 is 19.2 Å². The highest BCUT2D eigenvalue weighted by atomic mass is 16.5. The fraction of sp³-hybridized carbons (Fsp3) is 0.208. The van der Waals surface area contributed by atoms with Gasteiger partial charge in [-0.3, -0.25) is 9.59 Å². The van der Waals surface area contributed by atoms with Crippen molar-refractivity contribution < 1.29 is 23.5 Å². The lowest BCUT2D eigenvalue weighted by atomic mass is 10.1. The number of nitrogens with one attached hydrogen (secondary N) is 1. The van der Waals surface area contributed by atoms with E-state index in [-0.39, 0.29) is 29.9 Å². The summed E-state index contributed by atoms with van der Waals surface area (Å²) in [5.74, 6) is 0.0803. The number of esters is 1. The van der Waals surface area contributed by atoms with Crippen molar-refractivity contribution in [2.75, 3.05) is 13.2 Å². The van der Waals surface area contributed by atoms with E-state index in [9.17, 15) is 14.4 Å². The van der Waals surface area contributed by atoms with Crippen LogP contribution in [0.3, 0.4) is 0 Å². The Labute approximate surface area is 179 Å². The largest absolute Gasteiger partial charge is 0.493 e. The van der Waals surface area contributed by atoms with Crippen LogP contribution in [0.5, 0.6) is 11.5 Å². The second-order valence-corrected chi connectivity index (χ2v) is 6.84. The van der Waals surface area contributed by atoms with Crippen LogP contribution in [0.1, 0.15) is 28.8 Å². The monoisotopic (exact) mass is 421 g/mol. The summed E-state index contributed by atoms with van der Waals surface area (Å²) in [6, 6.07) is 13.7. The first kappa shape index (κ1) is 21.8. The van der Waals surface area contributed by atoms with Gasteiger partial charge in [0.1, 0.15) is 22.6 Å². The standard InChI is InChI=1S/C24H23NO6/c1-3-12-25-23(27)19-14-17-10-11-18(15-21(17)31-24(19)28)30-22(26)9-6-13-29-20-8-5-4-7-16(20)2/h3-5,7-8,10-11,14-15H,1,6,9,12-13H2,2H3,(H,25,27). The molecule has 0 unspecified atom stereocenters. The van der Waals surface area contributed by atoms with Crippen molar-refractivity contribution >= 4 is 22.8 Å². The molecule has 0 aliphatic carbocycles. The first-order valence-corrected chi connectivity index (χ1v) is 9.84. The van der Waals surface area contributed by atoms with Gasteiger partial charge in [-0.05, 0) is 43.2 Å². The third-order valence-corrected chi connectivity index (χ3v) is 4.47. The number of ether oxygens (including phenoxy) is 2. The molecule has 1 heterocycles. The Balaban J connectivity index is 1.58. The van der Waals surface area contributed by atoms with E-state index in [4.69, 9.17) is 13.9 Å². The molecule has 0 aliphatic rings. The van der Waals surface area contributed by atoms with Gasteiger partial charge in [-0.2, -0.15) is 0 Å². The Bertz CT molecular complexity index is 1160. The summed E-state index contributed by atoms with van der Waals surface area (Å²) in [6.07, 6.45) is 2.19. The molecule has 0 spiro atoms. The SMILES string of the molecule is C=CCNC(=O)c1cc2ccc(OC(=O)CCCOc3ccccc3C)cc2oc1=O. The molecule has 3 rings (SSSR count). The van der Waals surface area contributed by atoms with E-state index >= 15 is 0 Å². The Hall–Kier alpha value is -3.87. The van der Waals surface area contributed by atoms with Gasteiger partial charge >= 0.3 is 11.6 Å². The molecule has 2 aromatic carbocycles. The summed E-state index contributed by atoms with van der Waals surface area (Å²) in [7, 11) is 0. The molecule has 0 fully saturated rings. The number of hydrogen-bond acceptors (Lipinski definition) is 6. The van der Waals surface area contributed by atoms with Crippen molar-refractivity contribution in [3.8, 4) is 11.5 Å². The topological polar surface area (TPSA) is 94.8 Å². The Morgan fingerprint density at radius 3 is 2.74 bits per heavy atom. The maximum Gasteiger partial charge on any atom is 0.349 e. The molecule has 0 aliphatic heterocycles. The number of amides is 1. The van der Waals surface area contributed by atoms with Crippen molar-refractivity contribution in [3.63, 3.8) is 0 Å². The molecule has 31 heavy (non-hydrogen) atoms. The van der Waals surface area contributed by atoms with Gasteiger partial charge in [0.2, 0.25) is 0 Å². The predicted octanol–water partition coefficient (Wildman–Crippen LogP) is 3.78. The Morgan fingerprint density at radius 1 is 1.16 bits per heavy atom. The number of aryl methyl sites for hydroxylation is 1. The van der Waals surface area contributed by atoms with Crippen molar-refractivity contribution in [1.82, 2.24) is 5.32 Å². The number of hydrogen-bond donors (Lipinski definition) is 1. The molecular formula is C24H23NO6. The molecule has 1 N–H and O–H groups in total. The highest BCUT2D eigenvalue weighted by Crippen LogP contribution is 2.21. The van der Waals surface area contributed by atoms with Crippen LogP contribution in [-0.2, 0) is 4.79 Å². The third kappa shape index (κ3) is 5.82. The van der Waals surface area contributed by atoms with Crippen molar-refractivity contribution in [2.24, 2.45) is 0 Å². The van der Waals surface area contributed by atoms with E-state index in [0.29, 0.717) is 18.4 Å². The number of carbonyl (C=O) groups is 2. The normalized spacial score (nSPS) is 10.5. The second kappa shape index (κ2) is 10.2. The average Bonchev–Trinajstić information content (AvgIpc) is 2.75.